The molecule has 2 aliphatic rings. The van der Waals surface area contributed by atoms with E-state index in [1.54, 1.807) is 0 Å². The minimum absolute atomic E-state index is 0.00824. The van der Waals surface area contributed by atoms with Crippen molar-refractivity contribution in [3.05, 3.63) is 45.8 Å². The van der Waals surface area contributed by atoms with E-state index in [4.69, 9.17) is 9.47 Å². The number of methoxy groups -OCH3 is 2. The van der Waals surface area contributed by atoms with Crippen molar-refractivity contribution in [2.24, 2.45) is 0 Å². The summed E-state index contributed by atoms with van der Waals surface area (Å²) >= 11 is 1.48. The van der Waals surface area contributed by atoms with E-state index in [2.05, 4.69) is 17.1 Å². The number of hydrogen-bond acceptors (Lipinski definition) is 8. The second-order valence-electron chi connectivity index (χ2n) is 10.0. The van der Waals surface area contributed by atoms with Crippen LogP contribution in [0.1, 0.15) is 57.3 Å². The highest BCUT2D eigenvalue weighted by Gasteiger charge is 2.31. The van der Waals surface area contributed by atoms with Gasteiger partial charge in [0.1, 0.15) is 5.00 Å². The minimum atomic E-state index is -3.80. The number of thiophene rings is 1. The maximum atomic E-state index is 13.7. The van der Waals surface area contributed by atoms with Gasteiger partial charge in [0.2, 0.25) is 10.0 Å². The molecule has 2 aliphatic heterocycles. The number of carbonyl (C=O) groups is 2. The number of likely N-dealkylation sites (N-methyl/N-ethyl adjacent to an activating group) is 1. The van der Waals surface area contributed by atoms with Gasteiger partial charge in [-0.2, -0.15) is 4.31 Å². The molecule has 1 aromatic heterocycles. The van der Waals surface area contributed by atoms with E-state index in [-0.39, 0.29) is 43.0 Å². The highest BCUT2D eigenvalue weighted by molar-refractivity contribution is 7.89. The van der Waals surface area contributed by atoms with Crippen LogP contribution in [0.5, 0.6) is 0 Å². The molecular weight excluding hydrogens is 552 g/mol. The van der Waals surface area contributed by atoms with Crippen molar-refractivity contribution < 1.29 is 27.5 Å². The van der Waals surface area contributed by atoms with Crippen molar-refractivity contribution in [1.29, 1.82) is 0 Å². The van der Waals surface area contributed by atoms with Crippen LogP contribution in [-0.2, 0) is 32.5 Å². The van der Waals surface area contributed by atoms with Crippen molar-refractivity contribution in [3.8, 4) is 0 Å². The molecule has 4 rings (SSSR count). The van der Waals surface area contributed by atoms with E-state index >= 15 is 0 Å². The maximum absolute atomic E-state index is 13.7. The number of carbonyl (C=O) groups excluding carboxylic acids is 2. The summed E-state index contributed by atoms with van der Waals surface area (Å²) in [6.45, 7) is 7.06. The molecule has 2 amide bonds. The number of rotatable bonds is 12. The highest BCUT2D eigenvalue weighted by Crippen LogP contribution is 2.38. The fourth-order valence-corrected chi connectivity index (χ4v) is 7.82. The summed E-state index contributed by atoms with van der Waals surface area (Å²) in [7, 11) is -0.763. The number of ether oxygens (including phenoxy) is 2. The lowest BCUT2D eigenvalue weighted by atomic mass is 10.0. The number of fused-ring (bicyclic) bond motifs is 1. The van der Waals surface area contributed by atoms with Gasteiger partial charge >= 0.3 is 0 Å². The molecule has 1 aromatic carbocycles. The largest absolute Gasteiger partial charge is 0.383 e. The Hall–Kier alpha value is -2.35. The van der Waals surface area contributed by atoms with Crippen molar-refractivity contribution in [2.45, 2.75) is 44.0 Å². The van der Waals surface area contributed by atoms with Gasteiger partial charge in [-0.25, -0.2) is 8.42 Å². The molecule has 0 spiro atoms. The minimum Gasteiger partial charge on any atom is -0.383 e. The summed E-state index contributed by atoms with van der Waals surface area (Å²) in [5.74, 6) is -0.385. The predicted octanol–water partition coefficient (Wildman–Crippen LogP) is 3.29. The van der Waals surface area contributed by atoms with Gasteiger partial charge in [-0.1, -0.05) is 6.92 Å². The number of amides is 2. The molecule has 0 bridgehead atoms. The Morgan fingerprint density at radius 2 is 1.65 bits per heavy atom. The highest BCUT2D eigenvalue weighted by atomic mass is 32.2. The first-order valence-electron chi connectivity index (χ1n) is 13.9. The SMILES string of the molecule is CCN1CCc2c(sc(NC(=O)c3ccc(S(=O)(=O)N(CCOC)CCOC)cc3)c2C(=O)N2CCCCC2)C1. The number of anilines is 1. The number of benzene rings is 1. The van der Waals surface area contributed by atoms with Gasteiger partial charge in [0.15, 0.2) is 0 Å². The van der Waals surface area contributed by atoms with Crippen LogP contribution in [0.3, 0.4) is 0 Å². The molecule has 0 unspecified atom stereocenters. The average molecular weight is 593 g/mol. The maximum Gasteiger partial charge on any atom is 0.257 e. The van der Waals surface area contributed by atoms with Crippen LogP contribution >= 0.6 is 11.3 Å². The lowest BCUT2D eigenvalue weighted by molar-refractivity contribution is 0.0724. The van der Waals surface area contributed by atoms with Crippen LogP contribution in [0.4, 0.5) is 5.00 Å². The Morgan fingerprint density at radius 1 is 1.00 bits per heavy atom. The molecule has 12 heteroatoms. The first kappa shape index (κ1) is 30.6. The number of nitrogens with zero attached hydrogens (tertiary/aromatic N) is 3. The molecule has 0 saturated carbocycles. The van der Waals surface area contributed by atoms with E-state index in [1.807, 2.05) is 4.90 Å². The summed E-state index contributed by atoms with van der Waals surface area (Å²) < 4.78 is 37.9. The van der Waals surface area contributed by atoms with Crippen LogP contribution in [0.25, 0.3) is 0 Å². The summed E-state index contributed by atoms with van der Waals surface area (Å²) in [5.41, 5.74) is 1.99. The number of sulfonamides is 1. The molecule has 40 heavy (non-hydrogen) atoms. The van der Waals surface area contributed by atoms with Crippen molar-refractivity contribution >= 4 is 38.2 Å². The molecule has 2 aromatic rings. The second-order valence-corrected chi connectivity index (χ2v) is 13.1. The fourth-order valence-electron chi connectivity index (χ4n) is 5.14. The van der Waals surface area contributed by atoms with Gasteiger partial charge in [-0.15, -0.1) is 11.3 Å². The third kappa shape index (κ3) is 6.92. The zero-order valence-electron chi connectivity index (χ0n) is 23.6. The molecule has 0 aliphatic carbocycles. The third-order valence-electron chi connectivity index (χ3n) is 7.51. The molecule has 0 atom stereocenters. The van der Waals surface area contributed by atoms with Gasteiger partial charge in [-0.05, 0) is 62.1 Å². The number of likely N-dealkylation sites (tertiary alicyclic amines) is 1. The molecule has 0 radical (unpaired) electrons. The van der Waals surface area contributed by atoms with Gasteiger partial charge in [0, 0.05) is 63.9 Å². The lowest BCUT2D eigenvalue weighted by Crippen LogP contribution is -2.37. The number of nitrogens with one attached hydrogen (secondary N) is 1. The molecule has 10 nitrogen and oxygen atoms in total. The summed E-state index contributed by atoms with van der Waals surface area (Å²) in [5, 5.41) is 3.57. The van der Waals surface area contributed by atoms with E-state index in [9.17, 15) is 18.0 Å². The van der Waals surface area contributed by atoms with Crippen molar-refractivity contribution in [1.82, 2.24) is 14.1 Å². The average Bonchev–Trinajstić information content (AvgIpc) is 3.33. The Bertz CT molecular complexity index is 1260. The van der Waals surface area contributed by atoms with E-state index < -0.39 is 10.0 Å². The van der Waals surface area contributed by atoms with Gasteiger partial charge in [0.05, 0.1) is 23.7 Å². The molecular formula is C28H40N4O6S2. The van der Waals surface area contributed by atoms with Gasteiger partial charge in [-0.3, -0.25) is 14.5 Å². The zero-order valence-corrected chi connectivity index (χ0v) is 25.2. The Labute approximate surface area is 241 Å². The molecule has 1 N–H and O–H groups in total. The Balaban J connectivity index is 1.56. The van der Waals surface area contributed by atoms with Crippen LogP contribution in [-0.4, -0.2) is 101 Å². The monoisotopic (exact) mass is 592 g/mol. The van der Waals surface area contributed by atoms with Crippen LogP contribution in [0.15, 0.2) is 29.2 Å². The van der Waals surface area contributed by atoms with E-state index in [1.165, 1.54) is 54.1 Å². The number of hydrogen-bond donors (Lipinski definition) is 1. The van der Waals surface area contributed by atoms with E-state index in [0.717, 1.165) is 68.8 Å². The number of piperidine rings is 1. The lowest BCUT2D eigenvalue weighted by Gasteiger charge is -2.29. The molecule has 1 saturated heterocycles. The van der Waals surface area contributed by atoms with Crippen LogP contribution in [0.2, 0.25) is 0 Å². The predicted molar refractivity (Wildman–Crippen MR) is 156 cm³/mol. The topological polar surface area (TPSA) is 108 Å². The Kier molecular flexibility index (Phi) is 10.7. The van der Waals surface area contributed by atoms with Crippen LogP contribution < -0.4 is 5.32 Å². The fraction of sp³-hybridized carbons (Fsp3) is 0.571. The van der Waals surface area contributed by atoms with Crippen molar-refractivity contribution in [3.63, 3.8) is 0 Å². The normalized spacial score (nSPS) is 16.2. The quantitative estimate of drug-likeness (QED) is 0.403. The first-order chi connectivity index (χ1) is 19.3. The van der Waals surface area contributed by atoms with Gasteiger partial charge in [0.25, 0.3) is 11.8 Å². The zero-order chi connectivity index (χ0) is 28.7. The first-order valence-corrected chi connectivity index (χ1v) is 16.1. The summed E-state index contributed by atoms with van der Waals surface area (Å²) in [6, 6.07) is 5.89. The second kappa shape index (κ2) is 14.0. The summed E-state index contributed by atoms with van der Waals surface area (Å²) in [4.78, 5) is 32.5. The van der Waals surface area contributed by atoms with Crippen LogP contribution in [0, 0.1) is 0 Å². The Morgan fingerprint density at radius 3 is 2.25 bits per heavy atom. The smallest absolute Gasteiger partial charge is 0.257 e. The molecule has 3 heterocycles. The van der Waals surface area contributed by atoms with Crippen molar-refractivity contribution in [2.75, 3.05) is 72.0 Å². The van der Waals surface area contributed by atoms with Gasteiger partial charge < -0.3 is 19.7 Å². The molecule has 220 valence electrons. The third-order valence-corrected chi connectivity index (χ3v) is 10.6. The standard InChI is InChI=1S/C28H40N4O6S2/c1-4-30-15-12-23-24(20-30)39-27(25(23)28(34)31-13-6-5-7-14-31)29-26(33)21-8-10-22(11-9-21)40(35,36)32(16-18-37-2)17-19-38-3/h8-11H,4-7,12-20H2,1-3H3,(H,29,33). The molecule has 1 fully saturated rings. The summed E-state index contributed by atoms with van der Waals surface area (Å²) in [6.07, 6.45) is 3.89. The van der Waals surface area contributed by atoms with E-state index in [0.29, 0.717) is 16.1 Å².